The van der Waals surface area contributed by atoms with E-state index in [1.807, 2.05) is 35.7 Å². The lowest BCUT2D eigenvalue weighted by Crippen LogP contribution is -2.41. The largest absolute Gasteiger partial charge is 0.365 e. The van der Waals surface area contributed by atoms with Crippen LogP contribution < -0.4 is 0 Å². The van der Waals surface area contributed by atoms with E-state index in [0.29, 0.717) is 11.5 Å². The van der Waals surface area contributed by atoms with Crippen LogP contribution in [-0.2, 0) is 6.54 Å². The van der Waals surface area contributed by atoms with Gasteiger partial charge in [-0.15, -0.1) is 11.3 Å². The molecule has 1 aliphatic heterocycles. The average molecular weight is 344 g/mol. The van der Waals surface area contributed by atoms with Crippen LogP contribution in [0.1, 0.15) is 40.3 Å². The molecule has 2 aromatic heterocycles. The van der Waals surface area contributed by atoms with Crippen LogP contribution in [0.25, 0.3) is 0 Å². The van der Waals surface area contributed by atoms with Gasteiger partial charge in [0.1, 0.15) is 5.01 Å². The minimum absolute atomic E-state index is 0.178. The molecule has 0 unspecified atom stereocenters. The van der Waals surface area contributed by atoms with E-state index < -0.39 is 0 Å². The summed E-state index contributed by atoms with van der Waals surface area (Å²) in [5.41, 5.74) is 2.21. The van der Waals surface area contributed by atoms with Gasteiger partial charge in [0.2, 0.25) is 0 Å². The number of aryl methyl sites for hydroxylation is 1. The van der Waals surface area contributed by atoms with Crippen LogP contribution in [0.2, 0.25) is 0 Å². The Balaban J connectivity index is 1.34. The number of nitrogens with zero attached hydrogens (tertiary/aromatic N) is 3. The van der Waals surface area contributed by atoms with Gasteiger partial charge >= 0.3 is 0 Å². The highest BCUT2D eigenvalue weighted by Gasteiger charge is 2.56. The highest BCUT2D eigenvalue weighted by atomic mass is 32.1. The third kappa shape index (κ3) is 2.78. The van der Waals surface area contributed by atoms with Crippen molar-refractivity contribution in [1.82, 2.24) is 19.8 Å². The molecule has 6 heteroatoms. The smallest absolute Gasteiger partial charge is 0.255 e. The van der Waals surface area contributed by atoms with Crippen molar-refractivity contribution in [2.24, 2.45) is 5.41 Å². The Kier molecular flexibility index (Phi) is 3.96. The monoisotopic (exact) mass is 344 g/mol. The first-order valence-corrected chi connectivity index (χ1v) is 9.49. The second kappa shape index (κ2) is 6.01. The van der Waals surface area contributed by atoms with Gasteiger partial charge in [-0.2, -0.15) is 0 Å². The number of hydrogen-bond acceptors (Lipinski definition) is 4. The summed E-state index contributed by atoms with van der Waals surface area (Å²) in [5.74, 6) is 0.178. The molecule has 2 aromatic rings. The van der Waals surface area contributed by atoms with Crippen LogP contribution in [-0.4, -0.2) is 51.9 Å². The molecule has 2 aliphatic rings. The van der Waals surface area contributed by atoms with Gasteiger partial charge < -0.3 is 9.88 Å². The molecule has 5 nitrogen and oxygen atoms in total. The van der Waals surface area contributed by atoms with Gasteiger partial charge in [0.25, 0.3) is 5.91 Å². The number of likely N-dealkylation sites (tertiary alicyclic amines) is 1. The molecular formula is C18H24N4OS. The number of H-pyrrole nitrogens is 1. The van der Waals surface area contributed by atoms with E-state index in [4.69, 9.17) is 0 Å². The molecule has 3 heterocycles. The molecule has 1 amide bonds. The zero-order valence-electron chi connectivity index (χ0n) is 14.3. The first-order chi connectivity index (χ1) is 11.6. The minimum atomic E-state index is 0.178. The molecule has 128 valence electrons. The Morgan fingerprint density at radius 1 is 1.50 bits per heavy atom. The summed E-state index contributed by atoms with van der Waals surface area (Å²) >= 11 is 1.73. The molecule has 1 aliphatic carbocycles. The second-order valence-corrected chi connectivity index (χ2v) is 8.21. The Labute approximate surface area is 146 Å². The fourth-order valence-electron chi connectivity index (χ4n) is 4.15. The summed E-state index contributed by atoms with van der Waals surface area (Å²) in [6, 6.07) is 2.54. The molecule has 0 aromatic carbocycles. The molecular weight excluding hydrogens is 320 g/mol. The van der Waals surface area contributed by atoms with Crippen molar-refractivity contribution in [3.63, 3.8) is 0 Å². The van der Waals surface area contributed by atoms with Crippen LogP contribution in [0.15, 0.2) is 23.8 Å². The first kappa shape index (κ1) is 15.8. The molecule has 0 radical (unpaired) electrons. The van der Waals surface area contributed by atoms with Gasteiger partial charge in [-0.05, 0) is 44.7 Å². The Hall–Kier alpha value is -1.66. The van der Waals surface area contributed by atoms with Gasteiger partial charge in [0, 0.05) is 42.6 Å². The number of carbonyl (C=O) groups excluding carboxylic acids is 1. The number of hydrogen-bond donors (Lipinski definition) is 1. The van der Waals surface area contributed by atoms with Gasteiger partial charge in [-0.25, -0.2) is 4.98 Å². The summed E-state index contributed by atoms with van der Waals surface area (Å²) in [6.07, 6.45) is 7.23. The summed E-state index contributed by atoms with van der Waals surface area (Å²) in [6.45, 7) is 4.66. The topological polar surface area (TPSA) is 52.2 Å². The van der Waals surface area contributed by atoms with Crippen LogP contribution >= 0.6 is 11.3 Å². The Bertz CT molecular complexity index is 715. The predicted molar refractivity (Wildman–Crippen MR) is 95.1 cm³/mol. The van der Waals surface area contributed by atoms with Crippen LogP contribution in [0, 0.1) is 12.3 Å². The van der Waals surface area contributed by atoms with E-state index in [1.165, 1.54) is 11.4 Å². The van der Waals surface area contributed by atoms with Crippen molar-refractivity contribution in [2.45, 2.75) is 38.8 Å². The Morgan fingerprint density at radius 2 is 2.29 bits per heavy atom. The van der Waals surface area contributed by atoms with Crippen molar-refractivity contribution >= 4 is 17.2 Å². The lowest BCUT2D eigenvalue weighted by atomic mass is 9.92. The van der Waals surface area contributed by atoms with Gasteiger partial charge in [0.15, 0.2) is 0 Å². The summed E-state index contributed by atoms with van der Waals surface area (Å²) in [7, 11) is 2.21. The van der Waals surface area contributed by atoms with Crippen molar-refractivity contribution in [3.8, 4) is 0 Å². The molecule has 1 spiro atoms. The molecule has 0 bridgehead atoms. The van der Waals surface area contributed by atoms with Gasteiger partial charge in [-0.3, -0.25) is 9.69 Å². The normalized spacial score (nSPS) is 22.3. The number of carbonyl (C=O) groups is 1. The van der Waals surface area contributed by atoms with Crippen molar-refractivity contribution in [2.75, 3.05) is 20.1 Å². The van der Waals surface area contributed by atoms with Crippen molar-refractivity contribution < 1.29 is 4.79 Å². The SMILES string of the molecule is Cc1[nH]ccc1C(=O)N1CCC2(CC1)C[C@@H]2N(C)Cc1nccs1. The minimum Gasteiger partial charge on any atom is -0.365 e. The molecule has 1 N–H and O–H groups in total. The number of aromatic amines is 1. The van der Waals surface area contributed by atoms with Gasteiger partial charge in [-0.1, -0.05) is 0 Å². The quantitative estimate of drug-likeness (QED) is 0.928. The fraction of sp³-hybridized carbons (Fsp3) is 0.556. The molecule has 4 rings (SSSR count). The molecule has 2 fully saturated rings. The fourth-order valence-corrected chi connectivity index (χ4v) is 4.83. The predicted octanol–water partition coefficient (Wildman–Crippen LogP) is 2.91. The zero-order chi connectivity index (χ0) is 16.7. The highest BCUT2D eigenvalue weighted by Crippen LogP contribution is 2.56. The lowest BCUT2D eigenvalue weighted by molar-refractivity contribution is 0.0657. The van der Waals surface area contributed by atoms with E-state index in [1.54, 1.807) is 11.3 Å². The summed E-state index contributed by atoms with van der Waals surface area (Å²) in [4.78, 5) is 24.6. The zero-order valence-corrected chi connectivity index (χ0v) is 15.1. The number of nitrogens with one attached hydrogen (secondary N) is 1. The maximum atomic E-state index is 12.6. The summed E-state index contributed by atoms with van der Waals surface area (Å²) < 4.78 is 0. The second-order valence-electron chi connectivity index (χ2n) is 7.23. The lowest BCUT2D eigenvalue weighted by Gasteiger charge is -2.34. The maximum absolute atomic E-state index is 12.6. The highest BCUT2D eigenvalue weighted by molar-refractivity contribution is 7.09. The molecule has 1 saturated heterocycles. The number of amides is 1. The van der Waals surface area contributed by atoms with E-state index >= 15 is 0 Å². The van der Waals surface area contributed by atoms with Gasteiger partial charge in [0.05, 0.1) is 12.1 Å². The maximum Gasteiger partial charge on any atom is 0.255 e. The third-order valence-corrected chi connectivity index (χ3v) is 6.54. The van der Waals surface area contributed by atoms with E-state index in [2.05, 4.69) is 21.9 Å². The Morgan fingerprint density at radius 3 is 2.92 bits per heavy atom. The van der Waals surface area contributed by atoms with E-state index in [9.17, 15) is 4.79 Å². The van der Waals surface area contributed by atoms with Crippen LogP contribution in [0.4, 0.5) is 0 Å². The molecule has 24 heavy (non-hydrogen) atoms. The summed E-state index contributed by atoms with van der Waals surface area (Å²) in [5, 5.41) is 3.23. The third-order valence-electron chi connectivity index (χ3n) is 5.78. The van der Waals surface area contributed by atoms with E-state index in [-0.39, 0.29) is 5.91 Å². The van der Waals surface area contributed by atoms with Crippen LogP contribution in [0.3, 0.4) is 0 Å². The van der Waals surface area contributed by atoms with Crippen LogP contribution in [0.5, 0.6) is 0 Å². The number of rotatable bonds is 4. The van der Waals surface area contributed by atoms with Crippen molar-refractivity contribution in [1.29, 1.82) is 0 Å². The average Bonchev–Trinajstić information content (AvgIpc) is 2.94. The number of thiazole rings is 1. The van der Waals surface area contributed by atoms with Crippen molar-refractivity contribution in [3.05, 3.63) is 40.1 Å². The number of aromatic nitrogens is 2. The van der Waals surface area contributed by atoms with E-state index in [0.717, 1.165) is 43.7 Å². The number of piperidine rings is 1. The molecule has 1 saturated carbocycles. The molecule has 1 atom stereocenters. The first-order valence-electron chi connectivity index (χ1n) is 8.61. The standard InChI is InChI=1S/C18H24N4OS/c1-13-14(3-6-19-13)17(23)22-8-4-18(5-9-22)11-15(18)21(2)12-16-20-7-10-24-16/h3,6-7,10,15,19H,4-5,8-9,11-12H2,1-2H3/t15-/m0/s1.